The zero-order chi connectivity index (χ0) is 13.0. The van der Waals surface area contributed by atoms with E-state index in [0.717, 1.165) is 12.8 Å². The third-order valence-corrected chi connectivity index (χ3v) is 2.64. The molecule has 1 saturated carbocycles. The summed E-state index contributed by atoms with van der Waals surface area (Å²) in [7, 11) is 0. The Morgan fingerprint density at radius 1 is 1.28 bits per heavy atom. The smallest absolute Gasteiger partial charge is 0.239 e. The highest BCUT2D eigenvalue weighted by Crippen LogP contribution is 2.18. The maximum Gasteiger partial charge on any atom is 0.239 e. The van der Waals surface area contributed by atoms with Crippen molar-refractivity contribution in [1.82, 2.24) is 10.6 Å². The molecule has 0 atom stereocenters. The molecular weight excluding hydrogens is 235 g/mol. The number of hydrogen-bond donors (Lipinski definition) is 2. The Kier molecular flexibility index (Phi) is 3.92. The summed E-state index contributed by atoms with van der Waals surface area (Å²) in [6, 6.07) is 6.15. The van der Waals surface area contributed by atoms with Gasteiger partial charge in [0, 0.05) is 6.04 Å². The van der Waals surface area contributed by atoms with Crippen molar-refractivity contribution in [2.45, 2.75) is 25.3 Å². The van der Waals surface area contributed by atoms with E-state index in [2.05, 4.69) is 10.6 Å². The summed E-state index contributed by atoms with van der Waals surface area (Å²) in [5.74, 6) is -0.830. The number of carbonyl (C=O) groups is 2. The average molecular weight is 250 g/mol. The molecule has 2 N–H and O–H groups in total. The lowest BCUT2D eigenvalue weighted by molar-refractivity contribution is -0.125. The van der Waals surface area contributed by atoms with Gasteiger partial charge < -0.3 is 10.6 Å². The predicted molar refractivity (Wildman–Crippen MR) is 64.3 cm³/mol. The highest BCUT2D eigenvalue weighted by molar-refractivity contribution is 5.85. The SMILES string of the molecule is O=C(Cc1cccc(F)c1)NCC(=O)NC1CC1. The summed E-state index contributed by atoms with van der Waals surface area (Å²) in [4.78, 5) is 22.8. The first-order valence-electron chi connectivity index (χ1n) is 5.94. The molecule has 1 aromatic rings. The Hall–Kier alpha value is -1.91. The zero-order valence-electron chi connectivity index (χ0n) is 9.91. The average Bonchev–Trinajstić information content (AvgIpc) is 3.10. The molecule has 0 saturated heterocycles. The zero-order valence-corrected chi connectivity index (χ0v) is 9.91. The Balaban J connectivity index is 1.72. The van der Waals surface area contributed by atoms with Crippen molar-refractivity contribution >= 4 is 11.8 Å². The van der Waals surface area contributed by atoms with Crippen LogP contribution in [0.15, 0.2) is 24.3 Å². The number of halogens is 1. The Morgan fingerprint density at radius 3 is 2.72 bits per heavy atom. The normalized spacial score (nSPS) is 14.1. The third kappa shape index (κ3) is 4.16. The Labute approximate surface area is 105 Å². The van der Waals surface area contributed by atoms with Gasteiger partial charge in [-0.05, 0) is 30.5 Å². The van der Waals surface area contributed by atoms with Crippen LogP contribution in [0, 0.1) is 5.82 Å². The van der Waals surface area contributed by atoms with Crippen LogP contribution in [0.4, 0.5) is 4.39 Å². The summed E-state index contributed by atoms with van der Waals surface area (Å²) in [5, 5.41) is 5.28. The molecule has 1 fully saturated rings. The van der Waals surface area contributed by atoms with Crippen molar-refractivity contribution in [2.75, 3.05) is 6.54 Å². The molecule has 0 aromatic heterocycles. The first kappa shape index (κ1) is 12.5. The van der Waals surface area contributed by atoms with Crippen molar-refractivity contribution in [3.05, 3.63) is 35.6 Å². The van der Waals surface area contributed by atoms with Gasteiger partial charge in [0.1, 0.15) is 5.82 Å². The maximum atomic E-state index is 12.9. The largest absolute Gasteiger partial charge is 0.352 e. The molecule has 0 heterocycles. The standard InChI is InChI=1S/C13H15FN2O2/c14-10-3-1-2-9(6-10)7-12(17)15-8-13(18)16-11-4-5-11/h1-3,6,11H,4-5,7-8H2,(H,15,17)(H,16,18). The number of hydrogen-bond acceptors (Lipinski definition) is 2. The molecule has 5 heteroatoms. The fourth-order valence-corrected chi connectivity index (χ4v) is 1.58. The summed E-state index contributed by atoms with van der Waals surface area (Å²) in [5.41, 5.74) is 0.593. The van der Waals surface area contributed by atoms with Gasteiger partial charge in [-0.15, -0.1) is 0 Å². The van der Waals surface area contributed by atoms with Gasteiger partial charge in [0.25, 0.3) is 0 Å². The molecule has 0 radical (unpaired) electrons. The molecule has 0 spiro atoms. The van der Waals surface area contributed by atoms with E-state index in [1.807, 2.05) is 0 Å². The molecule has 2 amide bonds. The van der Waals surface area contributed by atoms with Gasteiger partial charge in [-0.2, -0.15) is 0 Å². The van der Waals surface area contributed by atoms with E-state index in [1.165, 1.54) is 12.1 Å². The van der Waals surface area contributed by atoms with Crippen LogP contribution >= 0.6 is 0 Å². The molecular formula is C13H15FN2O2. The summed E-state index contributed by atoms with van der Waals surface area (Å²) in [6.07, 6.45) is 2.11. The van der Waals surface area contributed by atoms with E-state index in [4.69, 9.17) is 0 Å². The van der Waals surface area contributed by atoms with Gasteiger partial charge in [0.05, 0.1) is 13.0 Å². The molecule has 96 valence electrons. The van der Waals surface area contributed by atoms with Gasteiger partial charge in [-0.3, -0.25) is 9.59 Å². The second-order valence-corrected chi connectivity index (χ2v) is 4.43. The second kappa shape index (κ2) is 5.62. The van der Waals surface area contributed by atoms with Crippen LogP contribution in [0.2, 0.25) is 0 Å². The van der Waals surface area contributed by atoms with Crippen LogP contribution in [-0.2, 0) is 16.0 Å². The van der Waals surface area contributed by atoms with Gasteiger partial charge >= 0.3 is 0 Å². The van der Waals surface area contributed by atoms with Crippen molar-refractivity contribution in [2.24, 2.45) is 0 Å². The minimum atomic E-state index is -0.369. The van der Waals surface area contributed by atoms with E-state index >= 15 is 0 Å². The van der Waals surface area contributed by atoms with Gasteiger partial charge in [-0.25, -0.2) is 4.39 Å². The highest BCUT2D eigenvalue weighted by Gasteiger charge is 2.23. The minimum Gasteiger partial charge on any atom is -0.352 e. The maximum absolute atomic E-state index is 12.9. The Bertz CT molecular complexity index is 458. The summed E-state index contributed by atoms with van der Waals surface area (Å²) in [6.45, 7) is -0.0232. The van der Waals surface area contributed by atoms with E-state index in [0.29, 0.717) is 5.56 Å². The molecule has 18 heavy (non-hydrogen) atoms. The quantitative estimate of drug-likeness (QED) is 0.810. The summed E-state index contributed by atoms with van der Waals surface area (Å²) >= 11 is 0. The molecule has 0 aliphatic heterocycles. The van der Waals surface area contributed by atoms with Crippen molar-refractivity contribution < 1.29 is 14.0 Å². The number of amides is 2. The van der Waals surface area contributed by atoms with E-state index in [1.54, 1.807) is 12.1 Å². The van der Waals surface area contributed by atoms with Crippen molar-refractivity contribution in [3.63, 3.8) is 0 Å². The topological polar surface area (TPSA) is 58.2 Å². The minimum absolute atomic E-state index is 0.0232. The van der Waals surface area contributed by atoms with Crippen LogP contribution in [0.25, 0.3) is 0 Å². The lowest BCUT2D eigenvalue weighted by Crippen LogP contribution is -2.38. The van der Waals surface area contributed by atoms with Gasteiger partial charge in [-0.1, -0.05) is 12.1 Å². The van der Waals surface area contributed by atoms with Crippen LogP contribution in [-0.4, -0.2) is 24.4 Å². The second-order valence-electron chi connectivity index (χ2n) is 4.43. The monoisotopic (exact) mass is 250 g/mol. The van der Waals surface area contributed by atoms with Gasteiger partial charge in [0.15, 0.2) is 0 Å². The first-order chi connectivity index (χ1) is 8.63. The molecule has 2 rings (SSSR count). The van der Waals surface area contributed by atoms with Gasteiger partial charge in [0.2, 0.25) is 11.8 Å². The number of benzene rings is 1. The number of rotatable bonds is 5. The third-order valence-electron chi connectivity index (χ3n) is 2.64. The number of carbonyl (C=O) groups excluding carboxylic acids is 2. The molecule has 1 aliphatic carbocycles. The molecule has 1 aromatic carbocycles. The van der Waals surface area contributed by atoms with Crippen LogP contribution < -0.4 is 10.6 Å². The van der Waals surface area contributed by atoms with E-state index in [9.17, 15) is 14.0 Å². The van der Waals surface area contributed by atoms with Crippen LogP contribution in [0.3, 0.4) is 0 Å². The van der Waals surface area contributed by atoms with Crippen molar-refractivity contribution in [3.8, 4) is 0 Å². The fraction of sp³-hybridized carbons (Fsp3) is 0.385. The Morgan fingerprint density at radius 2 is 2.06 bits per heavy atom. The van der Waals surface area contributed by atoms with Crippen LogP contribution in [0.1, 0.15) is 18.4 Å². The number of nitrogens with one attached hydrogen (secondary N) is 2. The van der Waals surface area contributed by atoms with E-state index in [-0.39, 0.29) is 36.6 Å². The first-order valence-corrected chi connectivity index (χ1v) is 5.94. The molecule has 1 aliphatic rings. The lowest BCUT2D eigenvalue weighted by atomic mass is 10.1. The molecule has 4 nitrogen and oxygen atoms in total. The van der Waals surface area contributed by atoms with Crippen LogP contribution in [0.5, 0.6) is 0 Å². The fourth-order valence-electron chi connectivity index (χ4n) is 1.58. The van der Waals surface area contributed by atoms with E-state index < -0.39 is 0 Å². The lowest BCUT2D eigenvalue weighted by Gasteiger charge is -2.06. The molecule has 0 bridgehead atoms. The molecule has 0 unspecified atom stereocenters. The highest BCUT2D eigenvalue weighted by atomic mass is 19.1. The predicted octanol–water partition coefficient (Wildman–Crippen LogP) is 0.763. The van der Waals surface area contributed by atoms with Crippen molar-refractivity contribution in [1.29, 1.82) is 0 Å². The summed E-state index contributed by atoms with van der Waals surface area (Å²) < 4.78 is 12.9.